The largest absolute Gasteiger partial charge is 0.396 e. The zero-order valence-electron chi connectivity index (χ0n) is 8.03. The number of aliphatic hydroxyl groups excluding tert-OH is 1. The van der Waals surface area contributed by atoms with Crippen molar-refractivity contribution >= 4 is 11.3 Å². The molecule has 0 amide bonds. The van der Waals surface area contributed by atoms with Crippen LogP contribution in [0.2, 0.25) is 0 Å². The maximum Gasteiger partial charge on any atom is 0.0571 e. The molecule has 1 aromatic rings. The molecule has 0 aromatic carbocycles. The Hall–Kier alpha value is -0.380. The van der Waals surface area contributed by atoms with Crippen molar-refractivity contribution in [3.63, 3.8) is 0 Å². The van der Waals surface area contributed by atoms with Gasteiger partial charge in [0.25, 0.3) is 0 Å². The first kappa shape index (κ1) is 8.89. The number of fused-ring (bicyclic) bond motifs is 2. The van der Waals surface area contributed by atoms with Crippen molar-refractivity contribution in [2.45, 2.75) is 18.3 Å². The lowest BCUT2D eigenvalue weighted by Gasteiger charge is -2.59. The van der Waals surface area contributed by atoms with Gasteiger partial charge >= 0.3 is 0 Å². The quantitative estimate of drug-likeness (QED) is 0.806. The molecule has 3 aliphatic rings. The van der Waals surface area contributed by atoms with Crippen LogP contribution in [0.1, 0.15) is 17.7 Å². The molecule has 2 bridgehead atoms. The van der Waals surface area contributed by atoms with Crippen molar-refractivity contribution in [2.75, 3.05) is 19.8 Å². The predicted octanol–water partition coefficient (Wildman–Crippen LogP) is 1.79. The monoisotopic (exact) mass is 210 g/mol. The smallest absolute Gasteiger partial charge is 0.0571 e. The molecule has 4 rings (SSSR count). The highest BCUT2D eigenvalue weighted by Crippen LogP contribution is 2.59. The fourth-order valence-electron chi connectivity index (χ4n) is 3.03. The zero-order valence-corrected chi connectivity index (χ0v) is 8.85. The third-order valence-electron chi connectivity index (χ3n) is 3.59. The summed E-state index contributed by atoms with van der Waals surface area (Å²) in [6.07, 6.45) is 2.22. The van der Waals surface area contributed by atoms with Crippen LogP contribution in [-0.4, -0.2) is 24.9 Å². The molecule has 1 saturated carbocycles. The van der Waals surface area contributed by atoms with Crippen LogP contribution in [0.25, 0.3) is 0 Å². The molecule has 3 heterocycles. The molecule has 14 heavy (non-hydrogen) atoms. The summed E-state index contributed by atoms with van der Waals surface area (Å²) in [5, 5.41) is 11.4. The summed E-state index contributed by atoms with van der Waals surface area (Å²) in [7, 11) is 0. The topological polar surface area (TPSA) is 29.5 Å². The van der Waals surface area contributed by atoms with Gasteiger partial charge in [-0.15, -0.1) is 11.3 Å². The van der Waals surface area contributed by atoms with Crippen LogP contribution in [-0.2, 0) is 10.2 Å². The summed E-state index contributed by atoms with van der Waals surface area (Å²) in [5.41, 5.74) is 0.331. The van der Waals surface area contributed by atoms with Crippen molar-refractivity contribution < 1.29 is 9.84 Å². The summed E-state index contributed by atoms with van der Waals surface area (Å²) in [6, 6.07) is 4.29. The van der Waals surface area contributed by atoms with Crippen molar-refractivity contribution in [3.05, 3.63) is 22.4 Å². The standard InChI is InChI=1S/C11H14O2S/c12-6-10-4-11(5-10,8-13-7-10)9-2-1-3-14-9/h1-3,12H,4-8H2. The summed E-state index contributed by atoms with van der Waals surface area (Å²) >= 11 is 1.81. The second kappa shape index (κ2) is 2.81. The van der Waals surface area contributed by atoms with E-state index in [0.29, 0.717) is 0 Å². The second-order valence-corrected chi connectivity index (χ2v) is 5.71. The van der Waals surface area contributed by atoms with Gasteiger partial charge in [0, 0.05) is 15.7 Å². The van der Waals surface area contributed by atoms with E-state index in [1.165, 1.54) is 4.88 Å². The van der Waals surface area contributed by atoms with Crippen molar-refractivity contribution in [1.29, 1.82) is 0 Å². The first-order valence-electron chi connectivity index (χ1n) is 5.01. The van der Waals surface area contributed by atoms with E-state index in [1.54, 1.807) is 0 Å². The molecule has 76 valence electrons. The van der Waals surface area contributed by atoms with E-state index in [4.69, 9.17) is 4.74 Å². The SMILES string of the molecule is OCC12COCC(c3cccs3)(C1)C2. The predicted molar refractivity (Wildman–Crippen MR) is 55.6 cm³/mol. The normalized spacial score (nSPS) is 40.6. The Morgan fingerprint density at radius 2 is 2.29 bits per heavy atom. The number of thiophene rings is 1. The van der Waals surface area contributed by atoms with Gasteiger partial charge in [-0.3, -0.25) is 0 Å². The van der Waals surface area contributed by atoms with Gasteiger partial charge in [-0.25, -0.2) is 0 Å². The minimum atomic E-state index is 0.0856. The van der Waals surface area contributed by atoms with E-state index in [0.717, 1.165) is 26.1 Å². The van der Waals surface area contributed by atoms with Gasteiger partial charge in [0.1, 0.15) is 0 Å². The summed E-state index contributed by atoms with van der Waals surface area (Å²) < 4.78 is 5.60. The molecule has 1 N–H and O–H groups in total. The molecular formula is C11H14O2S. The fourth-order valence-corrected chi connectivity index (χ4v) is 3.95. The molecule has 3 heteroatoms. The molecule has 0 atom stereocenters. The molecule has 0 unspecified atom stereocenters. The van der Waals surface area contributed by atoms with Crippen LogP contribution in [0.5, 0.6) is 0 Å². The maximum absolute atomic E-state index is 9.32. The van der Waals surface area contributed by atoms with Crippen LogP contribution >= 0.6 is 11.3 Å². The third-order valence-corrected chi connectivity index (χ3v) is 4.71. The van der Waals surface area contributed by atoms with E-state index in [-0.39, 0.29) is 17.4 Å². The van der Waals surface area contributed by atoms with E-state index in [2.05, 4.69) is 17.5 Å². The molecule has 1 aromatic heterocycles. The van der Waals surface area contributed by atoms with E-state index in [1.807, 2.05) is 11.3 Å². The summed E-state index contributed by atoms with van der Waals surface area (Å²) in [5.74, 6) is 0. The summed E-state index contributed by atoms with van der Waals surface area (Å²) in [6.45, 7) is 1.87. The lowest BCUT2D eigenvalue weighted by Crippen LogP contribution is -2.60. The van der Waals surface area contributed by atoms with Gasteiger partial charge in [-0.2, -0.15) is 0 Å². The van der Waals surface area contributed by atoms with E-state index in [9.17, 15) is 5.11 Å². The molecule has 2 nitrogen and oxygen atoms in total. The lowest BCUT2D eigenvalue weighted by atomic mass is 9.51. The number of hydrogen-bond acceptors (Lipinski definition) is 3. The molecular weight excluding hydrogens is 196 g/mol. The first-order valence-corrected chi connectivity index (χ1v) is 5.89. The Bertz CT molecular complexity index is 325. The average Bonchev–Trinajstić information content (AvgIpc) is 2.70. The molecule has 2 aliphatic heterocycles. The van der Waals surface area contributed by atoms with Gasteiger partial charge in [0.05, 0.1) is 19.8 Å². The van der Waals surface area contributed by atoms with Gasteiger partial charge in [0.2, 0.25) is 0 Å². The van der Waals surface area contributed by atoms with Gasteiger partial charge in [-0.05, 0) is 24.3 Å². The van der Waals surface area contributed by atoms with Gasteiger partial charge in [0.15, 0.2) is 0 Å². The van der Waals surface area contributed by atoms with Crippen molar-refractivity contribution in [1.82, 2.24) is 0 Å². The number of ether oxygens (including phenoxy) is 1. The Morgan fingerprint density at radius 1 is 1.43 bits per heavy atom. The minimum Gasteiger partial charge on any atom is -0.396 e. The highest BCUT2D eigenvalue weighted by atomic mass is 32.1. The summed E-state index contributed by atoms with van der Waals surface area (Å²) in [4.78, 5) is 1.43. The fraction of sp³-hybridized carbons (Fsp3) is 0.636. The molecule has 0 spiro atoms. The Labute approximate surface area is 87.5 Å². The number of rotatable bonds is 2. The highest BCUT2D eigenvalue weighted by molar-refractivity contribution is 7.10. The van der Waals surface area contributed by atoms with Gasteiger partial charge < -0.3 is 9.84 Å². The zero-order chi connectivity index (χ0) is 9.65. The van der Waals surface area contributed by atoms with Crippen molar-refractivity contribution in [3.8, 4) is 0 Å². The molecule has 3 fully saturated rings. The number of aliphatic hydroxyl groups is 1. The van der Waals surface area contributed by atoms with Crippen LogP contribution < -0.4 is 0 Å². The Kier molecular flexibility index (Phi) is 1.79. The van der Waals surface area contributed by atoms with E-state index < -0.39 is 0 Å². The third kappa shape index (κ3) is 1.03. The van der Waals surface area contributed by atoms with Crippen LogP contribution in [0, 0.1) is 5.41 Å². The van der Waals surface area contributed by atoms with Crippen molar-refractivity contribution in [2.24, 2.45) is 5.41 Å². The first-order chi connectivity index (χ1) is 6.79. The maximum atomic E-state index is 9.32. The van der Waals surface area contributed by atoms with E-state index >= 15 is 0 Å². The molecule has 1 aliphatic carbocycles. The Morgan fingerprint density at radius 3 is 2.93 bits per heavy atom. The van der Waals surface area contributed by atoms with Gasteiger partial charge in [-0.1, -0.05) is 6.07 Å². The average molecular weight is 210 g/mol. The number of hydrogen-bond donors (Lipinski definition) is 1. The van der Waals surface area contributed by atoms with Crippen LogP contribution in [0.4, 0.5) is 0 Å². The van der Waals surface area contributed by atoms with Crippen LogP contribution in [0.15, 0.2) is 17.5 Å². The van der Waals surface area contributed by atoms with Crippen LogP contribution in [0.3, 0.4) is 0 Å². The lowest BCUT2D eigenvalue weighted by molar-refractivity contribution is -0.169. The molecule has 2 saturated heterocycles. The molecule has 0 radical (unpaired) electrons. The highest BCUT2D eigenvalue weighted by Gasteiger charge is 2.59. The Balaban J connectivity index is 1.89. The second-order valence-electron chi connectivity index (χ2n) is 4.76. The minimum absolute atomic E-state index is 0.0856.